The molecule has 160 valence electrons. The Kier molecular flexibility index (Phi) is 6.28. The van der Waals surface area contributed by atoms with Crippen LogP contribution in [0.5, 0.6) is 0 Å². The van der Waals surface area contributed by atoms with Crippen LogP contribution in [0, 0.1) is 29.1 Å². The fourth-order valence-electron chi connectivity index (χ4n) is 2.68. The highest BCUT2D eigenvalue weighted by Gasteiger charge is 2.26. The summed E-state index contributed by atoms with van der Waals surface area (Å²) in [5, 5.41) is 1.71. The first-order chi connectivity index (χ1) is 14.7. The minimum absolute atomic E-state index is 0.262. The van der Waals surface area contributed by atoms with Gasteiger partial charge in [-0.05, 0) is 17.2 Å². The zero-order chi connectivity index (χ0) is 22.7. The van der Waals surface area contributed by atoms with E-state index in [4.69, 9.17) is 0 Å². The van der Waals surface area contributed by atoms with Crippen molar-refractivity contribution >= 4 is 23.5 Å². The van der Waals surface area contributed by atoms with Gasteiger partial charge in [0.05, 0.1) is 6.42 Å². The molecule has 0 fully saturated rings. The van der Waals surface area contributed by atoms with Gasteiger partial charge in [-0.1, -0.05) is 30.3 Å². The Hall–Kier alpha value is -3.82. The number of halogens is 5. The van der Waals surface area contributed by atoms with E-state index in [9.17, 15) is 31.5 Å². The summed E-state index contributed by atoms with van der Waals surface area (Å²) < 4.78 is 68.4. The van der Waals surface area contributed by atoms with Gasteiger partial charge in [-0.2, -0.15) is 0 Å². The SMILES string of the molecule is Cn1ccnc1C(=O)/C=C/c1ccc(CC(=O)Nc2c(F)c(F)c(F)c(F)c2F)cc1. The van der Waals surface area contributed by atoms with E-state index in [0.717, 1.165) is 0 Å². The normalized spacial score (nSPS) is 11.2. The number of imidazole rings is 1. The number of allylic oxidation sites excluding steroid dienone is 1. The molecule has 0 atom stereocenters. The minimum Gasteiger partial charge on any atom is -0.331 e. The second-order valence-electron chi connectivity index (χ2n) is 6.47. The fraction of sp³-hybridized carbons (Fsp3) is 0.0952. The Morgan fingerprint density at radius 3 is 2.10 bits per heavy atom. The van der Waals surface area contributed by atoms with Crippen LogP contribution in [0.1, 0.15) is 21.7 Å². The van der Waals surface area contributed by atoms with E-state index >= 15 is 0 Å². The summed E-state index contributed by atoms with van der Waals surface area (Å²) in [6, 6.07) is 6.21. The first kappa shape index (κ1) is 21.9. The van der Waals surface area contributed by atoms with Gasteiger partial charge in [0.15, 0.2) is 29.1 Å². The number of amides is 1. The lowest BCUT2D eigenvalue weighted by molar-refractivity contribution is -0.115. The van der Waals surface area contributed by atoms with Crippen LogP contribution in [0.3, 0.4) is 0 Å². The van der Waals surface area contributed by atoms with Gasteiger partial charge < -0.3 is 9.88 Å². The zero-order valence-corrected chi connectivity index (χ0v) is 15.9. The molecule has 5 nitrogen and oxygen atoms in total. The second-order valence-corrected chi connectivity index (χ2v) is 6.47. The van der Waals surface area contributed by atoms with Gasteiger partial charge in [-0.3, -0.25) is 9.59 Å². The Morgan fingerprint density at radius 2 is 1.55 bits per heavy atom. The van der Waals surface area contributed by atoms with Crippen LogP contribution in [0.2, 0.25) is 0 Å². The Labute approximate surface area is 172 Å². The molecule has 2 aromatic carbocycles. The molecule has 0 saturated heterocycles. The van der Waals surface area contributed by atoms with E-state index in [1.165, 1.54) is 30.5 Å². The molecule has 31 heavy (non-hydrogen) atoms. The van der Waals surface area contributed by atoms with Gasteiger partial charge in [0.2, 0.25) is 17.5 Å². The number of nitrogens with one attached hydrogen (secondary N) is 1. The monoisotopic (exact) mass is 435 g/mol. The van der Waals surface area contributed by atoms with Crippen molar-refractivity contribution in [2.75, 3.05) is 5.32 Å². The average Bonchev–Trinajstić information content (AvgIpc) is 3.19. The topological polar surface area (TPSA) is 64.0 Å². The number of carbonyl (C=O) groups is 2. The summed E-state index contributed by atoms with van der Waals surface area (Å²) in [5.74, 6) is -11.9. The number of benzene rings is 2. The van der Waals surface area contributed by atoms with Crippen molar-refractivity contribution in [2.45, 2.75) is 6.42 Å². The number of anilines is 1. The number of aromatic nitrogens is 2. The van der Waals surface area contributed by atoms with Crippen LogP contribution < -0.4 is 5.32 Å². The number of hydrogen-bond acceptors (Lipinski definition) is 3. The first-order valence-corrected chi connectivity index (χ1v) is 8.79. The van der Waals surface area contributed by atoms with E-state index in [-0.39, 0.29) is 18.0 Å². The number of hydrogen-bond donors (Lipinski definition) is 1. The summed E-state index contributed by atoms with van der Waals surface area (Å²) in [6.45, 7) is 0. The van der Waals surface area contributed by atoms with E-state index in [0.29, 0.717) is 11.1 Å². The van der Waals surface area contributed by atoms with Gasteiger partial charge >= 0.3 is 0 Å². The molecule has 1 amide bonds. The van der Waals surface area contributed by atoms with Gasteiger partial charge in [0.25, 0.3) is 0 Å². The summed E-state index contributed by atoms with van der Waals surface area (Å²) in [4.78, 5) is 28.0. The van der Waals surface area contributed by atoms with Crippen molar-refractivity contribution in [1.82, 2.24) is 9.55 Å². The van der Waals surface area contributed by atoms with Crippen LogP contribution in [0.15, 0.2) is 42.7 Å². The largest absolute Gasteiger partial charge is 0.331 e. The Balaban J connectivity index is 1.67. The smallest absolute Gasteiger partial charge is 0.228 e. The van der Waals surface area contributed by atoms with Gasteiger partial charge in [0.1, 0.15) is 5.69 Å². The van der Waals surface area contributed by atoms with E-state index in [1.807, 2.05) is 0 Å². The Bertz CT molecular complexity index is 1160. The molecule has 3 aromatic rings. The molecule has 1 N–H and O–H groups in total. The maximum atomic E-state index is 13.7. The molecule has 3 rings (SSSR count). The lowest BCUT2D eigenvalue weighted by atomic mass is 10.1. The third-order valence-corrected chi connectivity index (χ3v) is 4.29. The molecule has 10 heteroatoms. The molecule has 0 aliphatic carbocycles. The summed E-state index contributed by atoms with van der Waals surface area (Å²) in [5.41, 5.74) is -0.366. The molecule has 0 bridgehead atoms. The van der Waals surface area contributed by atoms with Crippen LogP contribution >= 0.6 is 0 Å². The van der Waals surface area contributed by atoms with Crippen molar-refractivity contribution in [2.24, 2.45) is 7.05 Å². The molecule has 0 aliphatic heterocycles. The van der Waals surface area contributed by atoms with Crippen molar-refractivity contribution in [1.29, 1.82) is 0 Å². The number of aryl methyl sites for hydroxylation is 1. The Morgan fingerprint density at radius 1 is 0.968 bits per heavy atom. The lowest BCUT2D eigenvalue weighted by Gasteiger charge is -2.10. The molecular formula is C21H14F5N3O2. The summed E-state index contributed by atoms with van der Waals surface area (Å²) in [6.07, 6.45) is 5.61. The van der Waals surface area contributed by atoms with Crippen molar-refractivity contribution in [3.05, 3.63) is 88.8 Å². The van der Waals surface area contributed by atoms with Crippen molar-refractivity contribution < 1.29 is 31.5 Å². The highest BCUT2D eigenvalue weighted by atomic mass is 19.2. The molecule has 0 aliphatic rings. The molecule has 0 spiro atoms. The molecule has 1 heterocycles. The number of nitrogens with zero attached hydrogens (tertiary/aromatic N) is 2. The number of rotatable bonds is 6. The van der Waals surface area contributed by atoms with E-state index < -0.39 is 40.7 Å². The highest BCUT2D eigenvalue weighted by molar-refractivity contribution is 6.04. The maximum absolute atomic E-state index is 13.7. The average molecular weight is 435 g/mol. The van der Waals surface area contributed by atoms with E-state index in [2.05, 4.69) is 4.98 Å². The second kappa shape index (κ2) is 8.90. The third kappa shape index (κ3) is 4.68. The fourth-order valence-corrected chi connectivity index (χ4v) is 2.68. The van der Waals surface area contributed by atoms with Crippen LogP contribution in [0.4, 0.5) is 27.6 Å². The van der Waals surface area contributed by atoms with Gasteiger partial charge in [-0.25, -0.2) is 26.9 Å². The highest BCUT2D eigenvalue weighted by Crippen LogP contribution is 2.27. The first-order valence-electron chi connectivity index (χ1n) is 8.79. The minimum atomic E-state index is -2.31. The lowest BCUT2D eigenvalue weighted by Crippen LogP contribution is -2.18. The predicted octanol–water partition coefficient (Wildman–Crippen LogP) is 4.19. The summed E-state index contributed by atoms with van der Waals surface area (Å²) >= 11 is 0. The van der Waals surface area contributed by atoms with E-state index in [1.54, 1.807) is 35.3 Å². The predicted molar refractivity (Wildman–Crippen MR) is 102 cm³/mol. The molecular weight excluding hydrogens is 421 g/mol. The number of carbonyl (C=O) groups excluding carboxylic acids is 2. The van der Waals surface area contributed by atoms with Gasteiger partial charge in [-0.15, -0.1) is 0 Å². The molecule has 1 aromatic heterocycles. The summed E-state index contributed by atoms with van der Waals surface area (Å²) in [7, 11) is 1.68. The quantitative estimate of drug-likeness (QED) is 0.208. The number of ketones is 1. The standard InChI is InChI=1S/C21H14F5N3O2/c1-29-9-8-27-21(29)13(30)7-6-11-2-4-12(5-3-11)10-14(31)28-20-18(25)16(23)15(22)17(24)19(20)26/h2-9H,10H2,1H3,(H,28,31)/b7-6+. The van der Waals surface area contributed by atoms with Crippen LogP contribution in [-0.2, 0) is 18.3 Å². The van der Waals surface area contributed by atoms with Gasteiger partial charge in [0, 0.05) is 19.4 Å². The van der Waals surface area contributed by atoms with Crippen molar-refractivity contribution in [3.63, 3.8) is 0 Å². The molecule has 0 radical (unpaired) electrons. The van der Waals surface area contributed by atoms with Crippen molar-refractivity contribution in [3.8, 4) is 0 Å². The van der Waals surface area contributed by atoms with Crippen LogP contribution in [0.25, 0.3) is 6.08 Å². The zero-order valence-electron chi connectivity index (χ0n) is 15.9. The maximum Gasteiger partial charge on any atom is 0.228 e. The van der Waals surface area contributed by atoms with Crippen LogP contribution in [-0.4, -0.2) is 21.2 Å². The molecule has 0 unspecified atom stereocenters. The third-order valence-electron chi connectivity index (χ3n) is 4.29. The molecule has 0 saturated carbocycles.